The van der Waals surface area contributed by atoms with Crippen LogP contribution in [0.3, 0.4) is 0 Å². The van der Waals surface area contributed by atoms with Gasteiger partial charge in [-0.25, -0.2) is 0 Å². The van der Waals surface area contributed by atoms with Crippen LogP contribution in [0.25, 0.3) is 0 Å². The lowest BCUT2D eigenvalue weighted by Gasteiger charge is -2.18. The molecule has 11 heavy (non-hydrogen) atoms. The fourth-order valence-electron chi connectivity index (χ4n) is 2.08. The van der Waals surface area contributed by atoms with Crippen molar-refractivity contribution >= 4 is 0 Å². The van der Waals surface area contributed by atoms with Gasteiger partial charge in [-0.1, -0.05) is 18.2 Å². The molecule has 1 saturated carbocycles. The molecule has 1 spiro atoms. The summed E-state index contributed by atoms with van der Waals surface area (Å²) < 4.78 is 0. The Morgan fingerprint density at radius 2 is 2.18 bits per heavy atom. The van der Waals surface area contributed by atoms with Gasteiger partial charge in [0.15, 0.2) is 0 Å². The average Bonchev–Trinajstić information content (AvgIpc) is 2.63. The molecule has 1 radical (unpaired) electrons. The van der Waals surface area contributed by atoms with Crippen molar-refractivity contribution in [3.8, 4) is 0 Å². The van der Waals surface area contributed by atoms with E-state index in [-0.39, 0.29) is 0 Å². The molecule has 0 heteroatoms. The van der Waals surface area contributed by atoms with Gasteiger partial charge in [0.1, 0.15) is 0 Å². The van der Waals surface area contributed by atoms with Crippen LogP contribution in [-0.2, 0) is 0 Å². The fourth-order valence-corrected chi connectivity index (χ4v) is 2.08. The maximum atomic E-state index is 3.30. The molecular formula is C11H11. The normalized spacial score (nSPS) is 29.8. The largest absolute Gasteiger partial charge is 0.0701 e. The van der Waals surface area contributed by atoms with Crippen molar-refractivity contribution in [2.75, 3.05) is 0 Å². The predicted octanol–water partition coefficient (Wildman–Crippen LogP) is 2.79. The van der Waals surface area contributed by atoms with Crippen LogP contribution in [0, 0.1) is 11.5 Å². The Morgan fingerprint density at radius 3 is 3.00 bits per heavy atom. The molecule has 0 aromatic heterocycles. The van der Waals surface area contributed by atoms with Crippen LogP contribution in [0.2, 0.25) is 0 Å². The van der Waals surface area contributed by atoms with E-state index in [1.54, 1.807) is 0 Å². The summed E-state index contributed by atoms with van der Waals surface area (Å²) >= 11 is 0. The van der Waals surface area contributed by atoms with Crippen LogP contribution in [0.15, 0.2) is 29.4 Å². The van der Waals surface area contributed by atoms with Gasteiger partial charge in [-0.15, -0.1) is 0 Å². The van der Waals surface area contributed by atoms with Crippen LogP contribution < -0.4 is 0 Å². The van der Waals surface area contributed by atoms with E-state index in [4.69, 9.17) is 0 Å². The van der Waals surface area contributed by atoms with Gasteiger partial charge in [-0.2, -0.15) is 0 Å². The highest BCUT2D eigenvalue weighted by Crippen LogP contribution is 2.55. The Hall–Kier alpha value is -0.780. The van der Waals surface area contributed by atoms with Crippen LogP contribution >= 0.6 is 0 Å². The van der Waals surface area contributed by atoms with E-state index < -0.39 is 0 Å². The summed E-state index contributed by atoms with van der Waals surface area (Å²) in [4.78, 5) is 0. The maximum absolute atomic E-state index is 3.30. The summed E-state index contributed by atoms with van der Waals surface area (Å²) in [6, 6.07) is 0. The van der Waals surface area contributed by atoms with E-state index in [0.717, 1.165) is 0 Å². The van der Waals surface area contributed by atoms with Crippen molar-refractivity contribution in [2.24, 2.45) is 5.41 Å². The van der Waals surface area contributed by atoms with Crippen molar-refractivity contribution in [1.82, 2.24) is 0 Å². The lowest BCUT2D eigenvalue weighted by Crippen LogP contribution is -2.04. The molecule has 0 bridgehead atoms. The first kappa shape index (κ1) is 5.82. The highest BCUT2D eigenvalue weighted by atomic mass is 14.5. The zero-order chi connectivity index (χ0) is 7.31. The highest BCUT2D eigenvalue weighted by molar-refractivity contribution is 5.48. The van der Waals surface area contributed by atoms with Gasteiger partial charge in [0.2, 0.25) is 0 Å². The van der Waals surface area contributed by atoms with E-state index in [0.29, 0.717) is 5.41 Å². The van der Waals surface area contributed by atoms with Crippen LogP contribution in [-0.4, -0.2) is 0 Å². The van der Waals surface area contributed by atoms with Gasteiger partial charge >= 0.3 is 0 Å². The molecule has 0 saturated heterocycles. The first-order valence-electron chi connectivity index (χ1n) is 4.40. The zero-order valence-electron chi connectivity index (χ0n) is 6.56. The third-order valence-electron chi connectivity index (χ3n) is 3.10. The lowest BCUT2D eigenvalue weighted by molar-refractivity contribution is 0.563. The number of hydrogen-bond donors (Lipinski definition) is 0. The Morgan fingerprint density at radius 1 is 1.27 bits per heavy atom. The minimum atomic E-state index is 0.637. The lowest BCUT2D eigenvalue weighted by atomic mass is 9.86. The van der Waals surface area contributed by atoms with Gasteiger partial charge in [-0.3, -0.25) is 0 Å². The molecule has 3 aliphatic rings. The van der Waals surface area contributed by atoms with E-state index >= 15 is 0 Å². The summed E-state index contributed by atoms with van der Waals surface area (Å²) in [6.07, 6.45) is 15.5. The molecule has 0 aromatic carbocycles. The number of hydrogen-bond acceptors (Lipinski definition) is 0. The molecule has 55 valence electrons. The second-order valence-corrected chi connectivity index (χ2v) is 3.92. The molecule has 0 heterocycles. The maximum Gasteiger partial charge on any atom is -0.0105 e. The Balaban J connectivity index is 2.06. The summed E-state index contributed by atoms with van der Waals surface area (Å²) in [5, 5.41) is 0. The molecule has 0 aliphatic heterocycles. The quantitative estimate of drug-likeness (QED) is 0.489. The first-order valence-corrected chi connectivity index (χ1v) is 4.40. The Bertz CT molecular complexity index is 285. The SMILES string of the molecule is [C]1=CC=C2CCC3(C=C12)CC3. The molecule has 0 atom stereocenters. The van der Waals surface area contributed by atoms with E-state index in [1.807, 2.05) is 0 Å². The first-order chi connectivity index (χ1) is 5.38. The van der Waals surface area contributed by atoms with Crippen LogP contribution in [0.4, 0.5) is 0 Å². The molecule has 1 fully saturated rings. The number of fused-ring (bicyclic) bond motifs is 1. The van der Waals surface area contributed by atoms with Gasteiger partial charge in [0, 0.05) is 0 Å². The topological polar surface area (TPSA) is 0 Å². The predicted molar refractivity (Wildman–Crippen MR) is 44.9 cm³/mol. The van der Waals surface area contributed by atoms with E-state index in [2.05, 4.69) is 24.3 Å². The molecule has 0 amide bonds. The molecule has 0 N–H and O–H groups in total. The van der Waals surface area contributed by atoms with E-state index in [1.165, 1.54) is 36.8 Å². The van der Waals surface area contributed by atoms with Gasteiger partial charge in [-0.05, 0) is 48.3 Å². The third kappa shape index (κ3) is 0.756. The highest BCUT2D eigenvalue weighted by Gasteiger charge is 2.42. The minimum Gasteiger partial charge on any atom is -0.0701 e. The second kappa shape index (κ2) is 1.69. The fraction of sp³-hybridized carbons (Fsp3) is 0.455. The van der Waals surface area contributed by atoms with Crippen molar-refractivity contribution in [1.29, 1.82) is 0 Å². The number of allylic oxidation sites excluding steroid dienone is 6. The second-order valence-electron chi connectivity index (χ2n) is 3.92. The Labute approximate surface area is 67.3 Å². The van der Waals surface area contributed by atoms with Crippen molar-refractivity contribution in [2.45, 2.75) is 25.7 Å². The monoisotopic (exact) mass is 143 g/mol. The van der Waals surface area contributed by atoms with Crippen molar-refractivity contribution in [3.63, 3.8) is 0 Å². The van der Waals surface area contributed by atoms with E-state index in [9.17, 15) is 0 Å². The van der Waals surface area contributed by atoms with Gasteiger partial charge < -0.3 is 0 Å². The zero-order valence-corrected chi connectivity index (χ0v) is 6.56. The molecule has 0 unspecified atom stereocenters. The van der Waals surface area contributed by atoms with Gasteiger partial charge in [0.25, 0.3) is 0 Å². The molecular weight excluding hydrogens is 132 g/mol. The minimum absolute atomic E-state index is 0.637. The summed E-state index contributed by atoms with van der Waals surface area (Å²) in [5.74, 6) is 0. The molecule has 0 nitrogen and oxygen atoms in total. The molecule has 0 aromatic rings. The summed E-state index contributed by atoms with van der Waals surface area (Å²) in [6.45, 7) is 0. The molecule has 3 rings (SSSR count). The smallest absolute Gasteiger partial charge is 0.0105 e. The standard InChI is InChI=1S/C11H11/c1-2-9-4-5-11(6-7-11)8-10(9)3-1/h1-2,8H,4-7H2. The summed E-state index contributed by atoms with van der Waals surface area (Å²) in [7, 11) is 0. The third-order valence-corrected chi connectivity index (χ3v) is 3.10. The average molecular weight is 143 g/mol. The summed E-state index contributed by atoms with van der Waals surface area (Å²) in [5.41, 5.74) is 3.55. The van der Waals surface area contributed by atoms with Crippen molar-refractivity contribution < 1.29 is 0 Å². The number of rotatable bonds is 0. The Kier molecular flexibility index (Phi) is 0.892. The van der Waals surface area contributed by atoms with Gasteiger partial charge in [0.05, 0.1) is 0 Å². The van der Waals surface area contributed by atoms with Crippen LogP contribution in [0.5, 0.6) is 0 Å². The van der Waals surface area contributed by atoms with Crippen molar-refractivity contribution in [3.05, 3.63) is 35.5 Å². The molecule has 3 aliphatic carbocycles. The van der Waals surface area contributed by atoms with Crippen LogP contribution in [0.1, 0.15) is 25.7 Å².